The summed E-state index contributed by atoms with van der Waals surface area (Å²) in [5.74, 6) is -1.04. The Bertz CT molecular complexity index is 764. The van der Waals surface area contributed by atoms with Gasteiger partial charge in [0.2, 0.25) is 0 Å². The van der Waals surface area contributed by atoms with Crippen LogP contribution in [0.1, 0.15) is 15.9 Å². The number of benzene rings is 2. The zero-order valence-electron chi connectivity index (χ0n) is 12.1. The molecule has 0 bridgehead atoms. The first kappa shape index (κ1) is 17.3. The Morgan fingerprint density at radius 1 is 1.26 bits per heavy atom. The van der Waals surface area contributed by atoms with Crippen LogP contribution in [0.5, 0.6) is 5.75 Å². The van der Waals surface area contributed by atoms with Crippen LogP contribution in [0.3, 0.4) is 0 Å². The summed E-state index contributed by atoms with van der Waals surface area (Å²) >= 11 is 9.05. The fourth-order valence-corrected chi connectivity index (χ4v) is 2.49. The van der Waals surface area contributed by atoms with Crippen LogP contribution in [0, 0.1) is 6.92 Å². The predicted octanol–water partition coefficient (Wildman–Crippen LogP) is 4.13. The summed E-state index contributed by atoms with van der Waals surface area (Å²) in [5, 5.41) is 12.3. The Morgan fingerprint density at radius 3 is 2.65 bits per heavy atom. The maximum atomic E-state index is 12.0. The highest BCUT2D eigenvalue weighted by Gasteiger charge is 2.13. The van der Waals surface area contributed by atoms with Crippen molar-refractivity contribution in [3.05, 3.63) is 57.0 Å². The van der Waals surface area contributed by atoms with E-state index in [1.165, 1.54) is 12.1 Å². The lowest BCUT2D eigenvalue weighted by molar-refractivity contribution is -0.118. The third kappa shape index (κ3) is 4.71. The highest BCUT2D eigenvalue weighted by molar-refractivity contribution is 9.10. The summed E-state index contributed by atoms with van der Waals surface area (Å²) in [6.45, 7) is 1.58. The van der Waals surface area contributed by atoms with Crippen LogP contribution in [-0.2, 0) is 4.79 Å². The summed E-state index contributed by atoms with van der Waals surface area (Å²) in [5.41, 5.74) is 1.01. The fourth-order valence-electron chi connectivity index (χ4n) is 1.91. The molecule has 0 aliphatic rings. The Kier molecular flexibility index (Phi) is 5.63. The van der Waals surface area contributed by atoms with Gasteiger partial charge in [-0.2, -0.15) is 0 Å². The standard InChI is InChI=1S/C16H13BrClNO4/c1-9-6-11(18)3-5-14(9)23-8-15(20)19-13-4-2-10(17)7-12(13)16(21)22/h2-7H,8H2,1H3,(H,19,20)(H,21,22). The number of carboxylic acids is 1. The van der Waals surface area contributed by atoms with Gasteiger partial charge in [0.15, 0.2) is 6.61 Å². The Balaban J connectivity index is 2.04. The molecule has 2 rings (SSSR count). The number of aromatic carboxylic acids is 1. The molecule has 0 heterocycles. The zero-order chi connectivity index (χ0) is 17.0. The second-order valence-corrected chi connectivity index (χ2v) is 6.09. The number of carbonyl (C=O) groups excluding carboxylic acids is 1. The maximum absolute atomic E-state index is 12.0. The molecule has 0 atom stereocenters. The van der Waals surface area contributed by atoms with Gasteiger partial charge < -0.3 is 15.2 Å². The lowest BCUT2D eigenvalue weighted by atomic mass is 10.2. The fraction of sp³-hybridized carbons (Fsp3) is 0.125. The van der Waals surface area contributed by atoms with E-state index in [9.17, 15) is 9.59 Å². The van der Waals surface area contributed by atoms with Gasteiger partial charge in [-0.3, -0.25) is 4.79 Å². The SMILES string of the molecule is Cc1cc(Cl)ccc1OCC(=O)Nc1ccc(Br)cc1C(=O)O. The molecule has 5 nitrogen and oxygen atoms in total. The Labute approximate surface area is 146 Å². The van der Waals surface area contributed by atoms with Crippen LogP contribution < -0.4 is 10.1 Å². The topological polar surface area (TPSA) is 75.6 Å². The summed E-state index contributed by atoms with van der Waals surface area (Å²) in [7, 11) is 0. The van der Waals surface area contributed by atoms with Crippen molar-refractivity contribution >= 4 is 45.1 Å². The molecular weight excluding hydrogens is 386 g/mol. The van der Waals surface area contributed by atoms with Crippen molar-refractivity contribution in [2.45, 2.75) is 6.92 Å². The number of ether oxygens (including phenoxy) is 1. The molecular formula is C16H13BrClNO4. The van der Waals surface area contributed by atoms with Crippen molar-refractivity contribution < 1.29 is 19.4 Å². The summed E-state index contributed by atoms with van der Waals surface area (Å²) in [6.07, 6.45) is 0. The number of rotatable bonds is 5. The van der Waals surface area contributed by atoms with Crippen molar-refractivity contribution in [1.82, 2.24) is 0 Å². The average molecular weight is 399 g/mol. The van der Waals surface area contributed by atoms with E-state index in [0.717, 1.165) is 5.56 Å². The molecule has 0 radical (unpaired) electrons. The minimum Gasteiger partial charge on any atom is -0.483 e. The summed E-state index contributed by atoms with van der Waals surface area (Å²) in [4.78, 5) is 23.2. The highest BCUT2D eigenvalue weighted by Crippen LogP contribution is 2.23. The molecule has 120 valence electrons. The number of anilines is 1. The van der Waals surface area contributed by atoms with E-state index in [1.807, 2.05) is 6.92 Å². The van der Waals surface area contributed by atoms with Crippen LogP contribution in [0.25, 0.3) is 0 Å². The highest BCUT2D eigenvalue weighted by atomic mass is 79.9. The van der Waals surface area contributed by atoms with Gasteiger partial charge in [-0.15, -0.1) is 0 Å². The molecule has 2 aromatic carbocycles. The first-order valence-corrected chi connectivity index (χ1v) is 7.75. The number of aryl methyl sites for hydroxylation is 1. The summed E-state index contributed by atoms with van der Waals surface area (Å²) in [6, 6.07) is 9.64. The van der Waals surface area contributed by atoms with Gasteiger partial charge in [0.1, 0.15) is 5.75 Å². The third-order valence-corrected chi connectivity index (χ3v) is 3.71. The lowest BCUT2D eigenvalue weighted by Crippen LogP contribution is -2.21. The Hall–Kier alpha value is -2.05. The van der Waals surface area contributed by atoms with Gasteiger partial charge in [0.05, 0.1) is 11.3 Å². The molecule has 7 heteroatoms. The van der Waals surface area contributed by atoms with Crippen molar-refractivity contribution in [2.75, 3.05) is 11.9 Å². The second-order valence-electron chi connectivity index (χ2n) is 4.74. The largest absolute Gasteiger partial charge is 0.483 e. The van der Waals surface area contributed by atoms with Gasteiger partial charge in [-0.1, -0.05) is 27.5 Å². The minimum atomic E-state index is -1.13. The average Bonchev–Trinajstić information content (AvgIpc) is 2.48. The molecule has 0 aliphatic carbocycles. The van der Waals surface area contributed by atoms with E-state index in [-0.39, 0.29) is 17.9 Å². The van der Waals surface area contributed by atoms with E-state index < -0.39 is 11.9 Å². The van der Waals surface area contributed by atoms with Crippen molar-refractivity contribution in [3.8, 4) is 5.75 Å². The molecule has 0 fully saturated rings. The molecule has 0 unspecified atom stereocenters. The normalized spacial score (nSPS) is 10.2. The van der Waals surface area contributed by atoms with Crippen LogP contribution in [0.4, 0.5) is 5.69 Å². The zero-order valence-corrected chi connectivity index (χ0v) is 14.4. The predicted molar refractivity (Wildman–Crippen MR) is 91.4 cm³/mol. The number of amides is 1. The van der Waals surface area contributed by atoms with Crippen LogP contribution >= 0.6 is 27.5 Å². The lowest BCUT2D eigenvalue weighted by Gasteiger charge is -2.11. The van der Waals surface area contributed by atoms with Gasteiger partial charge in [-0.05, 0) is 48.9 Å². The van der Waals surface area contributed by atoms with Gasteiger partial charge >= 0.3 is 5.97 Å². The van der Waals surface area contributed by atoms with Crippen LogP contribution in [0.2, 0.25) is 5.02 Å². The first-order valence-electron chi connectivity index (χ1n) is 6.58. The molecule has 2 aromatic rings. The molecule has 0 saturated heterocycles. The van der Waals surface area contributed by atoms with Gasteiger partial charge in [0, 0.05) is 9.50 Å². The van der Waals surface area contributed by atoms with E-state index in [0.29, 0.717) is 15.2 Å². The number of hydrogen-bond acceptors (Lipinski definition) is 3. The maximum Gasteiger partial charge on any atom is 0.337 e. The molecule has 2 N–H and O–H groups in total. The molecule has 0 spiro atoms. The number of hydrogen-bond donors (Lipinski definition) is 2. The first-order chi connectivity index (χ1) is 10.9. The van der Waals surface area contributed by atoms with E-state index >= 15 is 0 Å². The van der Waals surface area contributed by atoms with E-state index in [1.54, 1.807) is 24.3 Å². The minimum absolute atomic E-state index is 0.00426. The number of halogens is 2. The van der Waals surface area contributed by atoms with Gasteiger partial charge in [0.25, 0.3) is 5.91 Å². The molecule has 0 aliphatic heterocycles. The Morgan fingerprint density at radius 2 is 2.00 bits per heavy atom. The van der Waals surface area contributed by atoms with Crippen molar-refractivity contribution in [3.63, 3.8) is 0 Å². The van der Waals surface area contributed by atoms with Crippen LogP contribution in [-0.4, -0.2) is 23.6 Å². The smallest absolute Gasteiger partial charge is 0.337 e. The second kappa shape index (κ2) is 7.48. The third-order valence-electron chi connectivity index (χ3n) is 2.98. The van der Waals surface area contributed by atoms with E-state index in [4.69, 9.17) is 21.4 Å². The van der Waals surface area contributed by atoms with E-state index in [2.05, 4.69) is 21.2 Å². The number of nitrogens with one attached hydrogen (secondary N) is 1. The molecule has 1 amide bonds. The molecule has 0 aromatic heterocycles. The number of carbonyl (C=O) groups is 2. The summed E-state index contributed by atoms with van der Waals surface area (Å²) < 4.78 is 6.03. The monoisotopic (exact) mass is 397 g/mol. The van der Waals surface area contributed by atoms with Crippen LogP contribution in [0.15, 0.2) is 40.9 Å². The van der Waals surface area contributed by atoms with Crippen molar-refractivity contribution in [2.24, 2.45) is 0 Å². The quantitative estimate of drug-likeness (QED) is 0.794. The molecule has 0 saturated carbocycles. The molecule has 23 heavy (non-hydrogen) atoms. The van der Waals surface area contributed by atoms with Crippen molar-refractivity contribution in [1.29, 1.82) is 0 Å². The van der Waals surface area contributed by atoms with Gasteiger partial charge in [-0.25, -0.2) is 4.79 Å². The number of carboxylic acid groups (broad SMARTS) is 1.